The van der Waals surface area contributed by atoms with Gasteiger partial charge in [-0.05, 0) is 42.8 Å². The summed E-state index contributed by atoms with van der Waals surface area (Å²) in [6.07, 6.45) is 6.72. The average Bonchev–Trinajstić information content (AvgIpc) is 3.21. The van der Waals surface area contributed by atoms with Crippen LogP contribution < -0.4 is 4.74 Å². The van der Waals surface area contributed by atoms with Gasteiger partial charge in [0.2, 0.25) is 0 Å². The Bertz CT molecular complexity index is 869. The molecule has 0 N–H and O–H groups in total. The Morgan fingerprint density at radius 2 is 1.92 bits per heavy atom. The number of hydrogen-bond acceptors (Lipinski definition) is 4. The summed E-state index contributed by atoms with van der Waals surface area (Å²) in [6, 6.07) is 17.1. The molecule has 0 spiro atoms. The van der Waals surface area contributed by atoms with Crippen LogP contribution in [0.1, 0.15) is 18.1 Å². The molecular formula is C21H20N2O3. The first-order chi connectivity index (χ1) is 12.8. The molecule has 132 valence electrons. The quantitative estimate of drug-likeness (QED) is 0.478. The van der Waals surface area contributed by atoms with E-state index in [0.717, 1.165) is 22.6 Å². The van der Waals surface area contributed by atoms with Crippen LogP contribution in [0, 0.1) is 0 Å². The van der Waals surface area contributed by atoms with Crippen molar-refractivity contribution < 1.29 is 14.3 Å². The van der Waals surface area contributed by atoms with E-state index in [0.29, 0.717) is 6.61 Å². The third kappa shape index (κ3) is 4.60. The molecule has 5 heteroatoms. The first-order valence-corrected chi connectivity index (χ1v) is 8.42. The van der Waals surface area contributed by atoms with Crippen LogP contribution >= 0.6 is 0 Å². The lowest BCUT2D eigenvalue weighted by Gasteiger charge is -2.06. The predicted molar refractivity (Wildman–Crippen MR) is 100 cm³/mol. The van der Waals surface area contributed by atoms with Gasteiger partial charge in [-0.15, -0.1) is 0 Å². The van der Waals surface area contributed by atoms with Crippen LogP contribution in [0.15, 0.2) is 73.1 Å². The van der Waals surface area contributed by atoms with E-state index < -0.39 is 5.97 Å². The minimum absolute atomic E-state index is 0.218. The third-order valence-corrected chi connectivity index (χ3v) is 3.70. The molecule has 0 saturated heterocycles. The average molecular weight is 348 g/mol. The molecule has 3 aromatic rings. The lowest BCUT2D eigenvalue weighted by molar-refractivity contribution is -0.138. The first-order valence-electron chi connectivity index (χ1n) is 8.42. The van der Waals surface area contributed by atoms with Gasteiger partial charge in [0.1, 0.15) is 12.4 Å². The Morgan fingerprint density at radius 1 is 1.12 bits per heavy atom. The molecular weight excluding hydrogens is 328 g/mol. The zero-order valence-electron chi connectivity index (χ0n) is 14.5. The van der Waals surface area contributed by atoms with Crippen LogP contribution in [-0.2, 0) is 16.1 Å². The highest BCUT2D eigenvalue weighted by Gasteiger charge is 2.03. The molecule has 1 heterocycles. The Hall–Kier alpha value is -3.34. The maximum absolute atomic E-state index is 11.9. The molecule has 0 aliphatic rings. The Kier molecular flexibility index (Phi) is 5.83. The largest absolute Gasteiger partial charge is 0.493 e. The summed E-state index contributed by atoms with van der Waals surface area (Å²) >= 11 is 0. The SMILES string of the molecule is CCOc1ccccc1/C=C/C(=O)OCc1ccc(-n2cccn2)cc1. The summed E-state index contributed by atoms with van der Waals surface area (Å²) in [5, 5.41) is 4.18. The summed E-state index contributed by atoms with van der Waals surface area (Å²) < 4.78 is 12.6. The molecule has 0 bridgehead atoms. The number of rotatable bonds is 7. The van der Waals surface area contributed by atoms with Crippen molar-refractivity contribution in [3.05, 3.63) is 84.2 Å². The normalized spacial score (nSPS) is 10.8. The van der Waals surface area contributed by atoms with Gasteiger partial charge in [-0.1, -0.05) is 30.3 Å². The zero-order chi connectivity index (χ0) is 18.2. The number of carbonyl (C=O) groups excluding carboxylic acids is 1. The van der Waals surface area contributed by atoms with E-state index in [2.05, 4.69) is 5.10 Å². The van der Waals surface area contributed by atoms with Crippen LogP contribution in [0.2, 0.25) is 0 Å². The summed E-state index contributed by atoms with van der Waals surface area (Å²) in [4.78, 5) is 11.9. The summed E-state index contributed by atoms with van der Waals surface area (Å²) in [6.45, 7) is 2.71. The van der Waals surface area contributed by atoms with Gasteiger partial charge in [0, 0.05) is 24.0 Å². The van der Waals surface area contributed by atoms with Gasteiger partial charge in [-0.25, -0.2) is 9.48 Å². The van der Waals surface area contributed by atoms with Gasteiger partial charge in [-0.3, -0.25) is 0 Å². The van der Waals surface area contributed by atoms with Crippen LogP contribution in [0.3, 0.4) is 0 Å². The second-order valence-corrected chi connectivity index (χ2v) is 5.53. The van der Waals surface area contributed by atoms with Crippen molar-refractivity contribution in [2.24, 2.45) is 0 Å². The summed E-state index contributed by atoms with van der Waals surface area (Å²) in [5.41, 5.74) is 2.71. The molecule has 2 aromatic carbocycles. The monoisotopic (exact) mass is 348 g/mol. The number of carbonyl (C=O) groups is 1. The number of ether oxygens (including phenoxy) is 2. The van der Waals surface area contributed by atoms with Gasteiger partial charge in [0.15, 0.2) is 0 Å². The molecule has 0 aliphatic heterocycles. The molecule has 0 atom stereocenters. The fraction of sp³-hybridized carbons (Fsp3) is 0.143. The molecule has 3 rings (SSSR count). The van der Waals surface area contributed by atoms with Crippen molar-refractivity contribution in [2.75, 3.05) is 6.61 Å². The van der Waals surface area contributed by atoms with Crippen LogP contribution in [0.4, 0.5) is 0 Å². The minimum Gasteiger partial charge on any atom is -0.493 e. The van der Waals surface area contributed by atoms with Gasteiger partial charge in [0.25, 0.3) is 0 Å². The molecule has 0 aliphatic carbocycles. The highest BCUT2D eigenvalue weighted by molar-refractivity contribution is 5.87. The van der Waals surface area contributed by atoms with Gasteiger partial charge in [-0.2, -0.15) is 5.10 Å². The van der Waals surface area contributed by atoms with Crippen LogP contribution in [0.25, 0.3) is 11.8 Å². The summed E-state index contributed by atoms with van der Waals surface area (Å²) in [5.74, 6) is 0.348. The first kappa shape index (κ1) is 17.5. The lowest BCUT2D eigenvalue weighted by atomic mass is 10.2. The van der Waals surface area contributed by atoms with E-state index in [1.165, 1.54) is 6.08 Å². The molecule has 0 unspecified atom stereocenters. The van der Waals surface area contributed by atoms with Gasteiger partial charge in [0.05, 0.1) is 12.3 Å². The molecule has 1 aromatic heterocycles. The lowest BCUT2D eigenvalue weighted by Crippen LogP contribution is -2.01. The highest BCUT2D eigenvalue weighted by Crippen LogP contribution is 2.19. The van der Waals surface area contributed by atoms with E-state index in [1.807, 2.05) is 67.7 Å². The Labute approximate surface area is 152 Å². The van der Waals surface area contributed by atoms with Crippen molar-refractivity contribution in [3.8, 4) is 11.4 Å². The van der Waals surface area contributed by atoms with Crippen molar-refractivity contribution in [2.45, 2.75) is 13.5 Å². The van der Waals surface area contributed by atoms with E-state index in [9.17, 15) is 4.79 Å². The molecule has 0 saturated carbocycles. The van der Waals surface area contributed by atoms with Crippen LogP contribution in [-0.4, -0.2) is 22.4 Å². The second kappa shape index (κ2) is 8.67. The predicted octanol–water partition coefficient (Wildman–Crippen LogP) is 4.03. The van der Waals surface area contributed by atoms with E-state index >= 15 is 0 Å². The fourth-order valence-electron chi connectivity index (χ4n) is 2.43. The number of esters is 1. The van der Waals surface area contributed by atoms with Crippen molar-refractivity contribution >= 4 is 12.0 Å². The molecule has 26 heavy (non-hydrogen) atoms. The number of aromatic nitrogens is 2. The van der Waals surface area contributed by atoms with Crippen molar-refractivity contribution in [3.63, 3.8) is 0 Å². The molecule has 0 fully saturated rings. The number of nitrogens with zero attached hydrogens (tertiary/aromatic N) is 2. The zero-order valence-corrected chi connectivity index (χ0v) is 14.5. The van der Waals surface area contributed by atoms with Crippen LogP contribution in [0.5, 0.6) is 5.75 Å². The van der Waals surface area contributed by atoms with E-state index in [-0.39, 0.29) is 6.61 Å². The Balaban J connectivity index is 1.56. The standard InChI is InChI=1S/C21H20N2O3/c1-2-25-20-7-4-3-6-18(20)10-13-21(24)26-16-17-8-11-19(12-9-17)23-15-5-14-22-23/h3-15H,2,16H2,1H3/b13-10+. The maximum atomic E-state index is 11.9. The second-order valence-electron chi connectivity index (χ2n) is 5.53. The topological polar surface area (TPSA) is 53.4 Å². The Morgan fingerprint density at radius 3 is 2.65 bits per heavy atom. The summed E-state index contributed by atoms with van der Waals surface area (Å²) in [7, 11) is 0. The van der Waals surface area contributed by atoms with Crippen molar-refractivity contribution in [1.82, 2.24) is 9.78 Å². The van der Waals surface area contributed by atoms with Crippen molar-refractivity contribution in [1.29, 1.82) is 0 Å². The number of para-hydroxylation sites is 1. The van der Waals surface area contributed by atoms with E-state index in [1.54, 1.807) is 17.0 Å². The van der Waals surface area contributed by atoms with E-state index in [4.69, 9.17) is 9.47 Å². The molecule has 5 nitrogen and oxygen atoms in total. The maximum Gasteiger partial charge on any atom is 0.331 e. The molecule has 0 amide bonds. The molecule has 0 radical (unpaired) electrons. The fourth-order valence-corrected chi connectivity index (χ4v) is 2.43. The highest BCUT2D eigenvalue weighted by atomic mass is 16.5. The number of benzene rings is 2. The smallest absolute Gasteiger partial charge is 0.331 e. The van der Waals surface area contributed by atoms with Gasteiger partial charge >= 0.3 is 5.97 Å². The minimum atomic E-state index is -0.396. The third-order valence-electron chi connectivity index (χ3n) is 3.70. The number of hydrogen-bond donors (Lipinski definition) is 0. The van der Waals surface area contributed by atoms with Gasteiger partial charge < -0.3 is 9.47 Å².